The van der Waals surface area contributed by atoms with Gasteiger partial charge in [0.2, 0.25) is 0 Å². The van der Waals surface area contributed by atoms with Crippen molar-refractivity contribution in [1.82, 2.24) is 0 Å². The van der Waals surface area contributed by atoms with E-state index in [4.69, 9.17) is 9.47 Å². The van der Waals surface area contributed by atoms with E-state index in [1.807, 2.05) is 11.3 Å². The van der Waals surface area contributed by atoms with Crippen LogP contribution in [-0.4, -0.2) is 14.0 Å². The monoisotopic (exact) mass is 648 g/mol. The number of anilines is 8. The van der Waals surface area contributed by atoms with Crippen LogP contribution in [0.15, 0.2) is 158 Å². The Hall–Kier alpha value is -6.05. The van der Waals surface area contributed by atoms with Gasteiger partial charge in [0.1, 0.15) is 33.0 Å². The Bertz CT molecular complexity index is 2260. The maximum atomic E-state index is 6.69. The van der Waals surface area contributed by atoms with Crippen LogP contribution >= 0.6 is 11.3 Å². The van der Waals surface area contributed by atoms with Gasteiger partial charge in [-0.25, -0.2) is 0 Å². The Labute approximate surface area is 288 Å². The SMILES string of the molecule is c1ccc(N2B3c4ccccc4Oc4ccccc4N3c3sc4c(c32)N(c2ccccc2)B2c3ccccc3Oc3ccccc3N24)cc1. The predicted molar refractivity (Wildman–Crippen MR) is 202 cm³/mol. The normalized spacial score (nSPS) is 14.6. The van der Waals surface area contributed by atoms with Crippen molar-refractivity contribution in [3.8, 4) is 23.0 Å². The highest BCUT2D eigenvalue weighted by atomic mass is 32.1. The van der Waals surface area contributed by atoms with Gasteiger partial charge in [0.15, 0.2) is 0 Å². The van der Waals surface area contributed by atoms with Crippen LogP contribution in [0.2, 0.25) is 0 Å². The largest absolute Gasteiger partial charge is 0.456 e. The van der Waals surface area contributed by atoms with E-state index in [1.54, 1.807) is 0 Å². The molecular formula is C40H26B2N4O2S. The number of hydrogen-bond acceptors (Lipinski definition) is 7. The summed E-state index contributed by atoms with van der Waals surface area (Å²) in [5.74, 6) is 3.41. The molecule has 4 aliphatic heterocycles. The molecule has 11 rings (SSSR count). The average Bonchev–Trinajstić information content (AvgIpc) is 3.72. The topological polar surface area (TPSA) is 31.4 Å². The first-order valence-electron chi connectivity index (χ1n) is 16.5. The first-order valence-corrected chi connectivity index (χ1v) is 17.3. The van der Waals surface area contributed by atoms with Crippen molar-refractivity contribution in [2.24, 2.45) is 0 Å². The average molecular weight is 648 g/mol. The predicted octanol–water partition coefficient (Wildman–Crippen LogP) is 9.33. The minimum atomic E-state index is -0.172. The summed E-state index contributed by atoms with van der Waals surface area (Å²) >= 11 is 1.83. The smallest absolute Gasteiger partial charge is 0.425 e. The summed E-state index contributed by atoms with van der Waals surface area (Å²) < 4.78 is 13.4. The number of benzene rings is 6. The van der Waals surface area contributed by atoms with Crippen LogP contribution in [0.5, 0.6) is 23.0 Å². The van der Waals surface area contributed by atoms with Gasteiger partial charge in [-0.2, -0.15) is 0 Å². The van der Waals surface area contributed by atoms with Gasteiger partial charge in [-0.05, 0) is 60.7 Å². The zero-order valence-corrected chi connectivity index (χ0v) is 27.0. The molecule has 5 heterocycles. The molecule has 0 fully saturated rings. The highest BCUT2D eigenvalue weighted by molar-refractivity contribution is 7.25. The summed E-state index contributed by atoms with van der Waals surface area (Å²) in [5.41, 5.74) is 8.89. The van der Waals surface area contributed by atoms with Gasteiger partial charge in [0.25, 0.3) is 0 Å². The van der Waals surface area contributed by atoms with Gasteiger partial charge >= 0.3 is 14.0 Å². The van der Waals surface area contributed by atoms with E-state index >= 15 is 0 Å². The first-order chi connectivity index (χ1) is 24.3. The van der Waals surface area contributed by atoms with Crippen molar-refractivity contribution < 1.29 is 9.47 Å². The fourth-order valence-electron chi connectivity index (χ4n) is 7.90. The molecule has 0 atom stereocenters. The van der Waals surface area contributed by atoms with Crippen molar-refractivity contribution in [1.29, 1.82) is 0 Å². The molecule has 7 aromatic rings. The second-order valence-corrected chi connectivity index (χ2v) is 13.5. The molecule has 0 radical (unpaired) electrons. The lowest BCUT2D eigenvalue weighted by atomic mass is 9.64. The number of hydrogen-bond donors (Lipinski definition) is 0. The van der Waals surface area contributed by atoms with E-state index in [1.165, 1.54) is 21.4 Å². The minimum Gasteiger partial charge on any atom is -0.456 e. The molecule has 0 N–H and O–H groups in total. The third-order valence-corrected chi connectivity index (χ3v) is 11.0. The Balaban J connectivity index is 1.26. The second-order valence-electron chi connectivity index (χ2n) is 12.5. The van der Waals surface area contributed by atoms with Gasteiger partial charge in [-0.1, -0.05) is 108 Å². The molecule has 4 aliphatic rings. The molecule has 49 heavy (non-hydrogen) atoms. The van der Waals surface area contributed by atoms with Crippen molar-refractivity contribution in [2.45, 2.75) is 0 Å². The molecule has 0 saturated heterocycles. The molecule has 0 unspecified atom stereocenters. The first kappa shape index (κ1) is 27.0. The van der Waals surface area contributed by atoms with Crippen molar-refractivity contribution >= 4 is 80.4 Å². The molecule has 230 valence electrons. The van der Waals surface area contributed by atoms with Crippen molar-refractivity contribution in [3.05, 3.63) is 158 Å². The zero-order valence-electron chi connectivity index (χ0n) is 26.2. The van der Waals surface area contributed by atoms with Gasteiger partial charge in [0, 0.05) is 22.3 Å². The molecule has 0 saturated carbocycles. The van der Waals surface area contributed by atoms with E-state index < -0.39 is 0 Å². The summed E-state index contributed by atoms with van der Waals surface area (Å²) in [7, 11) is 0. The Morgan fingerprint density at radius 1 is 0.367 bits per heavy atom. The molecule has 6 aromatic carbocycles. The Morgan fingerprint density at radius 2 is 0.735 bits per heavy atom. The Kier molecular flexibility index (Phi) is 5.62. The Morgan fingerprint density at radius 3 is 1.18 bits per heavy atom. The van der Waals surface area contributed by atoms with E-state index in [2.05, 4.69) is 177 Å². The third-order valence-electron chi connectivity index (χ3n) is 9.87. The van der Waals surface area contributed by atoms with E-state index in [9.17, 15) is 0 Å². The molecule has 9 heteroatoms. The molecule has 0 amide bonds. The fourth-order valence-corrected chi connectivity index (χ4v) is 9.26. The molecule has 0 spiro atoms. The molecule has 0 aliphatic carbocycles. The third kappa shape index (κ3) is 3.73. The highest BCUT2D eigenvalue weighted by Crippen LogP contribution is 2.66. The summed E-state index contributed by atoms with van der Waals surface area (Å²) in [4.78, 5) is 10.0. The van der Waals surface area contributed by atoms with Crippen LogP contribution in [0.1, 0.15) is 0 Å². The van der Waals surface area contributed by atoms with E-state index in [-0.39, 0.29) is 14.0 Å². The highest BCUT2D eigenvalue weighted by Gasteiger charge is 2.56. The summed E-state index contributed by atoms with van der Waals surface area (Å²) in [6.07, 6.45) is 0. The summed E-state index contributed by atoms with van der Waals surface area (Å²) in [6.45, 7) is -0.343. The lowest BCUT2D eigenvalue weighted by molar-refractivity contribution is 0.489. The maximum absolute atomic E-state index is 6.69. The van der Waals surface area contributed by atoms with Crippen LogP contribution < -0.4 is 39.6 Å². The van der Waals surface area contributed by atoms with Crippen LogP contribution in [-0.2, 0) is 0 Å². The van der Waals surface area contributed by atoms with Gasteiger partial charge in [-0.3, -0.25) is 0 Å². The number of nitrogens with zero attached hydrogens (tertiary/aromatic N) is 4. The van der Waals surface area contributed by atoms with Crippen molar-refractivity contribution in [3.63, 3.8) is 0 Å². The summed E-state index contributed by atoms with van der Waals surface area (Å²) in [6, 6.07) is 55.3. The molecule has 1 aromatic heterocycles. The van der Waals surface area contributed by atoms with Gasteiger partial charge in [-0.15, -0.1) is 0 Å². The van der Waals surface area contributed by atoms with Gasteiger partial charge < -0.3 is 28.7 Å². The second kappa shape index (κ2) is 10.2. The van der Waals surface area contributed by atoms with Crippen LogP contribution in [0.3, 0.4) is 0 Å². The zero-order chi connectivity index (χ0) is 32.1. The number of ether oxygens (including phenoxy) is 2. The quantitative estimate of drug-likeness (QED) is 0.174. The maximum Gasteiger partial charge on any atom is 0.425 e. The molecular weight excluding hydrogens is 622 g/mol. The van der Waals surface area contributed by atoms with Crippen LogP contribution in [0.4, 0.5) is 44.1 Å². The van der Waals surface area contributed by atoms with Crippen LogP contribution in [0, 0.1) is 0 Å². The minimum absolute atomic E-state index is 0.172. The van der Waals surface area contributed by atoms with E-state index in [0.717, 1.165) is 56.7 Å². The summed E-state index contributed by atoms with van der Waals surface area (Å²) in [5, 5.41) is 2.34. The molecule has 6 nitrogen and oxygen atoms in total. The van der Waals surface area contributed by atoms with Crippen molar-refractivity contribution in [2.75, 3.05) is 19.2 Å². The number of para-hydroxylation sites is 8. The molecule has 0 bridgehead atoms. The van der Waals surface area contributed by atoms with Gasteiger partial charge in [0.05, 0.1) is 22.7 Å². The number of thiophene rings is 1. The van der Waals surface area contributed by atoms with Crippen LogP contribution in [0.25, 0.3) is 0 Å². The number of rotatable bonds is 2. The fraction of sp³-hybridized carbons (Fsp3) is 0. The number of fused-ring (bicyclic) bond motifs is 15. The lowest BCUT2D eigenvalue weighted by Gasteiger charge is -2.31. The lowest BCUT2D eigenvalue weighted by Crippen LogP contribution is -2.53. The standard InChI is InChI=1S/C40H26B2N4O2S/c1-3-15-27(16-4-1)43-37-38-40(49-39(37)45-31-21-9-13-25-35(31)47-33-23-11-7-19-29(33)41(43)45)46-32-22-10-14-26-36(32)48-34-24-12-8-20-30(34)42(46)44(38)28-17-5-2-6-18-28/h1-26H. The van der Waals surface area contributed by atoms with E-state index in [0.29, 0.717) is 0 Å².